The summed E-state index contributed by atoms with van der Waals surface area (Å²) < 4.78 is 5.16. The summed E-state index contributed by atoms with van der Waals surface area (Å²) in [4.78, 5) is 24.9. The normalized spacial score (nSPS) is 10.3. The molecule has 0 saturated carbocycles. The Labute approximate surface area is 130 Å². The van der Waals surface area contributed by atoms with Gasteiger partial charge in [0.2, 0.25) is 5.12 Å². The number of hydrogen-bond donors (Lipinski definition) is 0. The van der Waals surface area contributed by atoms with Gasteiger partial charge < -0.3 is 4.42 Å². The minimum absolute atomic E-state index is 0.00746. The quantitative estimate of drug-likeness (QED) is 0.534. The molecule has 4 nitrogen and oxygen atoms in total. The Morgan fingerprint density at radius 1 is 1.09 bits per heavy atom. The van der Waals surface area contributed by atoms with Crippen LogP contribution in [0.5, 0.6) is 0 Å². The van der Waals surface area contributed by atoms with E-state index in [0.29, 0.717) is 21.4 Å². The van der Waals surface area contributed by atoms with E-state index < -0.39 is 5.63 Å². The molecule has 5 heteroatoms. The van der Waals surface area contributed by atoms with Crippen molar-refractivity contribution in [2.24, 2.45) is 0 Å². The summed E-state index contributed by atoms with van der Waals surface area (Å²) in [6.07, 6.45) is 0. The zero-order valence-corrected chi connectivity index (χ0v) is 12.1. The first-order chi connectivity index (χ1) is 10.7. The van der Waals surface area contributed by atoms with E-state index in [-0.39, 0.29) is 10.7 Å². The molecule has 0 bridgehead atoms. The zero-order valence-electron chi connectivity index (χ0n) is 11.3. The Kier molecular flexibility index (Phi) is 3.77. The zero-order chi connectivity index (χ0) is 15.5. The highest BCUT2D eigenvalue weighted by Crippen LogP contribution is 2.23. The number of nitrogens with zero attached hydrogens (tertiary/aromatic N) is 1. The van der Waals surface area contributed by atoms with Gasteiger partial charge in [-0.05, 0) is 48.2 Å². The standard InChI is InChI=1S/C17H9NO3S/c18-10-11-5-7-13(8-6-11)22-17(20)14-9-12-3-1-2-4-15(12)21-16(14)19/h1-9H. The molecule has 0 atom stereocenters. The SMILES string of the molecule is N#Cc1ccc(SC(=O)c2cc3ccccc3oc2=O)cc1. The van der Waals surface area contributed by atoms with Gasteiger partial charge in [0, 0.05) is 10.3 Å². The number of hydrogen-bond acceptors (Lipinski definition) is 5. The highest BCUT2D eigenvalue weighted by Gasteiger charge is 2.15. The molecule has 0 fully saturated rings. The number of fused-ring (bicyclic) bond motifs is 1. The lowest BCUT2D eigenvalue weighted by Crippen LogP contribution is -2.11. The minimum Gasteiger partial charge on any atom is -0.422 e. The van der Waals surface area contributed by atoms with Gasteiger partial charge in [0.1, 0.15) is 11.1 Å². The van der Waals surface area contributed by atoms with E-state index in [1.807, 2.05) is 12.1 Å². The fraction of sp³-hybridized carbons (Fsp3) is 0. The molecule has 0 radical (unpaired) electrons. The van der Waals surface area contributed by atoms with Gasteiger partial charge in [-0.25, -0.2) is 4.79 Å². The second-order valence-corrected chi connectivity index (χ2v) is 5.56. The molecule has 3 rings (SSSR count). The van der Waals surface area contributed by atoms with Crippen LogP contribution in [0, 0.1) is 11.3 Å². The molecule has 0 N–H and O–H groups in total. The molecule has 2 aromatic carbocycles. The molecule has 106 valence electrons. The molecule has 0 aliphatic carbocycles. The third-order valence-electron chi connectivity index (χ3n) is 3.06. The summed E-state index contributed by atoms with van der Waals surface area (Å²) in [6.45, 7) is 0. The van der Waals surface area contributed by atoms with Crippen molar-refractivity contribution in [3.8, 4) is 6.07 Å². The third-order valence-corrected chi connectivity index (χ3v) is 3.97. The van der Waals surface area contributed by atoms with E-state index in [9.17, 15) is 9.59 Å². The molecular formula is C17H9NO3S. The Morgan fingerprint density at radius 3 is 2.55 bits per heavy atom. The average molecular weight is 307 g/mol. The number of carbonyl (C=O) groups excluding carboxylic acids is 1. The van der Waals surface area contributed by atoms with Crippen molar-refractivity contribution in [3.05, 3.63) is 76.1 Å². The van der Waals surface area contributed by atoms with E-state index in [1.165, 1.54) is 0 Å². The van der Waals surface area contributed by atoms with E-state index in [2.05, 4.69) is 0 Å². The van der Waals surface area contributed by atoms with Crippen LogP contribution in [0.25, 0.3) is 11.0 Å². The van der Waals surface area contributed by atoms with Crippen LogP contribution in [-0.2, 0) is 0 Å². The Bertz CT molecular complexity index is 952. The van der Waals surface area contributed by atoms with Crippen molar-refractivity contribution in [2.45, 2.75) is 4.90 Å². The van der Waals surface area contributed by atoms with Crippen molar-refractivity contribution in [2.75, 3.05) is 0 Å². The van der Waals surface area contributed by atoms with E-state index in [1.54, 1.807) is 48.5 Å². The van der Waals surface area contributed by atoms with Crippen molar-refractivity contribution in [1.29, 1.82) is 5.26 Å². The highest BCUT2D eigenvalue weighted by atomic mass is 32.2. The molecule has 0 spiro atoms. The maximum Gasteiger partial charge on any atom is 0.348 e. The predicted molar refractivity (Wildman–Crippen MR) is 83.8 cm³/mol. The third kappa shape index (κ3) is 2.78. The molecule has 0 aliphatic rings. The van der Waals surface area contributed by atoms with Crippen molar-refractivity contribution in [1.82, 2.24) is 0 Å². The van der Waals surface area contributed by atoms with Crippen LogP contribution in [0.1, 0.15) is 15.9 Å². The smallest absolute Gasteiger partial charge is 0.348 e. The van der Waals surface area contributed by atoms with Crippen LogP contribution in [0.3, 0.4) is 0 Å². The van der Waals surface area contributed by atoms with E-state index >= 15 is 0 Å². The maximum absolute atomic E-state index is 12.3. The van der Waals surface area contributed by atoms with Gasteiger partial charge in [0.25, 0.3) is 0 Å². The van der Waals surface area contributed by atoms with Crippen molar-refractivity contribution in [3.63, 3.8) is 0 Å². The van der Waals surface area contributed by atoms with Gasteiger partial charge in [-0.3, -0.25) is 4.79 Å². The van der Waals surface area contributed by atoms with Crippen LogP contribution in [0.4, 0.5) is 0 Å². The highest BCUT2D eigenvalue weighted by molar-refractivity contribution is 8.14. The first kappa shape index (κ1) is 14.1. The molecule has 0 amide bonds. The van der Waals surface area contributed by atoms with Crippen molar-refractivity contribution >= 4 is 27.8 Å². The Morgan fingerprint density at radius 2 is 1.82 bits per heavy atom. The summed E-state index contributed by atoms with van der Waals surface area (Å²) >= 11 is 0.930. The van der Waals surface area contributed by atoms with Gasteiger partial charge in [-0.15, -0.1) is 0 Å². The fourth-order valence-corrected chi connectivity index (χ4v) is 2.70. The van der Waals surface area contributed by atoms with Crippen LogP contribution < -0.4 is 5.63 Å². The lowest BCUT2D eigenvalue weighted by Gasteiger charge is -2.02. The summed E-state index contributed by atoms with van der Waals surface area (Å²) in [5.74, 6) is 0. The first-order valence-corrected chi connectivity index (χ1v) is 7.24. The monoisotopic (exact) mass is 307 g/mol. The lowest BCUT2D eigenvalue weighted by molar-refractivity contribution is 0.108. The molecule has 0 saturated heterocycles. The average Bonchev–Trinajstić information content (AvgIpc) is 2.54. The van der Waals surface area contributed by atoms with Crippen molar-refractivity contribution < 1.29 is 9.21 Å². The number of rotatable bonds is 2. The summed E-state index contributed by atoms with van der Waals surface area (Å²) in [5, 5.41) is 9.06. The summed E-state index contributed by atoms with van der Waals surface area (Å²) in [5.41, 5.74) is 0.326. The van der Waals surface area contributed by atoms with E-state index in [0.717, 1.165) is 11.8 Å². The number of nitriles is 1. The summed E-state index contributed by atoms with van der Waals surface area (Å²) in [7, 11) is 0. The Balaban J connectivity index is 1.93. The molecule has 0 aliphatic heterocycles. The first-order valence-electron chi connectivity index (χ1n) is 6.42. The second kappa shape index (κ2) is 5.88. The molecular weight excluding hydrogens is 298 g/mol. The fourth-order valence-electron chi connectivity index (χ4n) is 1.96. The Hall–Kier alpha value is -2.84. The molecule has 1 aromatic heterocycles. The largest absolute Gasteiger partial charge is 0.422 e. The number of carbonyl (C=O) groups is 1. The number of benzene rings is 2. The second-order valence-electron chi connectivity index (χ2n) is 4.51. The molecule has 22 heavy (non-hydrogen) atoms. The molecule has 1 heterocycles. The van der Waals surface area contributed by atoms with Crippen LogP contribution in [0.15, 0.2) is 68.7 Å². The van der Waals surface area contributed by atoms with E-state index in [4.69, 9.17) is 9.68 Å². The topological polar surface area (TPSA) is 71.1 Å². The summed E-state index contributed by atoms with van der Waals surface area (Å²) in [6, 6.07) is 17.2. The van der Waals surface area contributed by atoms with Crippen LogP contribution in [0.2, 0.25) is 0 Å². The van der Waals surface area contributed by atoms with Gasteiger partial charge in [0.05, 0.1) is 11.6 Å². The molecule has 3 aromatic rings. The molecule has 0 unspecified atom stereocenters. The van der Waals surface area contributed by atoms with Gasteiger partial charge in [-0.1, -0.05) is 18.2 Å². The number of para-hydroxylation sites is 1. The number of thioether (sulfide) groups is 1. The lowest BCUT2D eigenvalue weighted by atomic mass is 10.2. The minimum atomic E-state index is -0.648. The van der Waals surface area contributed by atoms with Crippen LogP contribution in [-0.4, -0.2) is 5.12 Å². The predicted octanol–water partition coefficient (Wildman–Crippen LogP) is 3.60. The van der Waals surface area contributed by atoms with Gasteiger partial charge >= 0.3 is 5.63 Å². The maximum atomic E-state index is 12.3. The van der Waals surface area contributed by atoms with Gasteiger partial charge in [0.15, 0.2) is 0 Å². The van der Waals surface area contributed by atoms with Gasteiger partial charge in [-0.2, -0.15) is 5.26 Å². The van der Waals surface area contributed by atoms with Crippen LogP contribution >= 0.6 is 11.8 Å².